The zero-order valence-corrected chi connectivity index (χ0v) is 3.86. The topological polar surface area (TPSA) is 31.5 Å². The maximum atomic E-state index is 0. The predicted molar refractivity (Wildman–Crippen MR) is 18.3 cm³/mol. The molecule has 0 unspecified atom stereocenters. The van der Waals surface area contributed by atoms with E-state index in [1.54, 1.807) is 0 Å². The van der Waals surface area contributed by atoms with Crippen molar-refractivity contribution >= 4 is 23.1 Å². The molecule has 0 bridgehead atoms. The Balaban J connectivity index is 0. The van der Waals surface area contributed by atoms with Crippen molar-refractivity contribution in [2.45, 2.75) is 7.43 Å². The smallest absolute Gasteiger partial charge is 1.00 e. The van der Waals surface area contributed by atoms with Gasteiger partial charge in [0, 0.05) is 17.1 Å². The molecule has 0 aliphatic rings. The second-order valence-electron chi connectivity index (χ2n) is 0. The molecule has 31 valence electrons. The summed E-state index contributed by atoms with van der Waals surface area (Å²) in [6.45, 7) is 0. The zero-order chi connectivity index (χ0) is 0. The molecule has 0 rings (SSSR count). The van der Waals surface area contributed by atoms with Gasteiger partial charge in [-0.1, -0.05) is 7.43 Å². The molecule has 0 saturated carbocycles. The molecule has 2 N–H and O–H groups in total. The molecule has 1 radical (unpaired) electrons. The van der Waals surface area contributed by atoms with E-state index in [0.717, 1.165) is 0 Å². The molecule has 0 aliphatic heterocycles. The molecule has 0 aliphatic carbocycles. The fourth-order valence-corrected chi connectivity index (χ4v) is 0. The molecular formula is CH8CuMgO. The van der Waals surface area contributed by atoms with Gasteiger partial charge in [0.05, 0.1) is 0 Å². The van der Waals surface area contributed by atoms with Crippen LogP contribution in [0.2, 0.25) is 0 Å². The van der Waals surface area contributed by atoms with E-state index in [1.807, 2.05) is 0 Å². The van der Waals surface area contributed by atoms with Crippen LogP contribution >= 0.6 is 0 Å². The third-order valence-corrected chi connectivity index (χ3v) is 0. The Bertz CT molecular complexity index is 13.5. The summed E-state index contributed by atoms with van der Waals surface area (Å²) >= 11 is 0. The van der Waals surface area contributed by atoms with Gasteiger partial charge in [0.15, 0.2) is 0 Å². The molecule has 1 nitrogen and oxygen atoms in total. The van der Waals surface area contributed by atoms with Crippen molar-refractivity contribution in [1.29, 1.82) is 0 Å². The van der Waals surface area contributed by atoms with Crippen LogP contribution in [0.5, 0.6) is 0 Å². The van der Waals surface area contributed by atoms with Crippen LogP contribution in [0.3, 0.4) is 0 Å². The van der Waals surface area contributed by atoms with Gasteiger partial charge in [0.25, 0.3) is 0 Å². The monoisotopic (exact) mass is 123 g/mol. The molecule has 0 heterocycles. The summed E-state index contributed by atoms with van der Waals surface area (Å²) in [6.07, 6.45) is 0. The Morgan fingerprint density at radius 2 is 1.25 bits per heavy atom. The van der Waals surface area contributed by atoms with Gasteiger partial charge in [0.2, 0.25) is 0 Å². The Morgan fingerprint density at radius 1 is 1.25 bits per heavy atom. The summed E-state index contributed by atoms with van der Waals surface area (Å²) in [5.41, 5.74) is 0. The van der Waals surface area contributed by atoms with Gasteiger partial charge in [-0.2, -0.15) is 0 Å². The van der Waals surface area contributed by atoms with E-state index in [2.05, 4.69) is 0 Å². The van der Waals surface area contributed by atoms with Crippen LogP contribution in [0.4, 0.5) is 0 Å². The Kier molecular flexibility index (Phi) is 439. The van der Waals surface area contributed by atoms with Gasteiger partial charge in [-0.05, 0) is 0 Å². The minimum atomic E-state index is 0. The molecular weight excluding hydrogens is 116 g/mol. The number of hydrogen-bond acceptors (Lipinski definition) is 0. The molecule has 0 aromatic rings. The first-order valence-corrected chi connectivity index (χ1v) is 0. The fraction of sp³-hybridized carbons (Fsp3) is 1.00. The molecule has 3 heteroatoms. The maximum absolute atomic E-state index is 0. The Labute approximate surface area is 56.1 Å². The van der Waals surface area contributed by atoms with E-state index in [1.165, 1.54) is 0 Å². The minimum absolute atomic E-state index is 0. The van der Waals surface area contributed by atoms with Crippen molar-refractivity contribution in [3.8, 4) is 0 Å². The van der Waals surface area contributed by atoms with E-state index in [0.29, 0.717) is 0 Å². The van der Waals surface area contributed by atoms with E-state index in [9.17, 15) is 0 Å². The SMILES string of the molecule is C.O.[Cu].[H-].[H-].[Mg+2]. The predicted octanol–water partition coefficient (Wildman–Crippen LogP) is -0.347. The summed E-state index contributed by atoms with van der Waals surface area (Å²) in [4.78, 5) is 0. The molecule has 0 atom stereocenters. The van der Waals surface area contributed by atoms with Crippen LogP contribution in [-0.4, -0.2) is 28.5 Å². The van der Waals surface area contributed by atoms with E-state index < -0.39 is 0 Å². The number of hydrogen-bond donors (Lipinski definition) is 0. The molecule has 0 fully saturated rings. The quantitative estimate of drug-likeness (QED) is 0.395. The van der Waals surface area contributed by atoms with Crippen LogP contribution < -0.4 is 0 Å². The summed E-state index contributed by atoms with van der Waals surface area (Å²) in [6, 6.07) is 0. The molecule has 0 aromatic heterocycles. The third-order valence-electron chi connectivity index (χ3n) is 0. The summed E-state index contributed by atoms with van der Waals surface area (Å²) in [5.74, 6) is 0. The average Bonchev–Trinajstić information content (AvgIpc) is 0. The molecule has 0 saturated heterocycles. The van der Waals surface area contributed by atoms with Crippen LogP contribution in [0, 0.1) is 0 Å². The van der Waals surface area contributed by atoms with Crippen molar-refractivity contribution in [1.82, 2.24) is 0 Å². The van der Waals surface area contributed by atoms with Gasteiger partial charge in [-0.15, -0.1) is 0 Å². The fourth-order valence-electron chi connectivity index (χ4n) is 0. The molecule has 0 spiro atoms. The molecule has 0 amide bonds. The number of rotatable bonds is 0. The molecule has 4 heavy (non-hydrogen) atoms. The van der Waals surface area contributed by atoms with Gasteiger partial charge in [-0.3, -0.25) is 0 Å². The van der Waals surface area contributed by atoms with Crippen LogP contribution in [0.1, 0.15) is 10.3 Å². The normalized spacial score (nSPS) is 0. The minimum Gasteiger partial charge on any atom is -1.00 e. The van der Waals surface area contributed by atoms with Crippen molar-refractivity contribution in [2.75, 3.05) is 0 Å². The first-order valence-electron chi connectivity index (χ1n) is 0. The first-order chi connectivity index (χ1) is 0. The Hall–Kier alpha value is 1.25. The van der Waals surface area contributed by atoms with Crippen LogP contribution in [-0.2, 0) is 17.1 Å². The summed E-state index contributed by atoms with van der Waals surface area (Å²) in [5, 5.41) is 0. The largest absolute Gasteiger partial charge is 2.00 e. The van der Waals surface area contributed by atoms with E-state index in [4.69, 9.17) is 0 Å². The summed E-state index contributed by atoms with van der Waals surface area (Å²) in [7, 11) is 0. The maximum Gasteiger partial charge on any atom is 2.00 e. The van der Waals surface area contributed by atoms with Gasteiger partial charge >= 0.3 is 23.1 Å². The van der Waals surface area contributed by atoms with Crippen molar-refractivity contribution in [2.24, 2.45) is 0 Å². The van der Waals surface area contributed by atoms with Crippen molar-refractivity contribution < 1.29 is 25.4 Å². The van der Waals surface area contributed by atoms with Crippen molar-refractivity contribution in [3.05, 3.63) is 0 Å². The first kappa shape index (κ1) is 60.9. The zero-order valence-electron chi connectivity index (χ0n) is 3.51. The van der Waals surface area contributed by atoms with Crippen LogP contribution in [0.25, 0.3) is 0 Å². The second kappa shape index (κ2) is 28.8. The standard InChI is InChI=1S/CH4.Cu.Mg.H2O.2H/h1H4;;;1H2;;/q;;+2;;2*-1. The third kappa shape index (κ3) is 10.5. The molecule has 0 aromatic carbocycles. The van der Waals surface area contributed by atoms with Gasteiger partial charge in [-0.25, -0.2) is 0 Å². The average molecular weight is 124 g/mol. The van der Waals surface area contributed by atoms with E-state index >= 15 is 0 Å². The van der Waals surface area contributed by atoms with Crippen LogP contribution in [0.15, 0.2) is 0 Å². The second-order valence-corrected chi connectivity index (χ2v) is 0. The van der Waals surface area contributed by atoms with Gasteiger partial charge in [0.1, 0.15) is 0 Å². The van der Waals surface area contributed by atoms with E-state index in [-0.39, 0.29) is 55.9 Å². The van der Waals surface area contributed by atoms with Gasteiger partial charge < -0.3 is 8.33 Å². The Morgan fingerprint density at radius 3 is 1.25 bits per heavy atom. The summed E-state index contributed by atoms with van der Waals surface area (Å²) < 4.78 is 0. The van der Waals surface area contributed by atoms with Crippen molar-refractivity contribution in [3.63, 3.8) is 0 Å².